The second kappa shape index (κ2) is 6.01. The Kier molecular flexibility index (Phi) is 4.30. The fourth-order valence-corrected chi connectivity index (χ4v) is 3.50. The van der Waals surface area contributed by atoms with Crippen LogP contribution in [0.3, 0.4) is 0 Å². The van der Waals surface area contributed by atoms with Crippen molar-refractivity contribution < 1.29 is 0 Å². The number of aromatic nitrogens is 5. The van der Waals surface area contributed by atoms with Crippen molar-refractivity contribution in [3.63, 3.8) is 0 Å². The Hall–Kier alpha value is -1.65. The molecule has 2 aromatic heterocycles. The van der Waals surface area contributed by atoms with Gasteiger partial charge in [-0.3, -0.25) is 0 Å². The number of aryl methyl sites for hydroxylation is 1. The maximum absolute atomic E-state index is 4.32. The molecule has 4 heterocycles. The summed E-state index contributed by atoms with van der Waals surface area (Å²) in [5, 5.41) is 8.40. The van der Waals surface area contributed by atoms with E-state index in [2.05, 4.69) is 72.1 Å². The minimum Gasteiger partial charge on any atom is -0.335 e. The molecule has 1 atom stereocenters. The van der Waals surface area contributed by atoms with Crippen molar-refractivity contribution in [2.45, 2.75) is 79.3 Å². The third kappa shape index (κ3) is 3.40. The molecule has 1 unspecified atom stereocenters. The lowest BCUT2D eigenvalue weighted by atomic mass is 9.80. The number of imidazole rings is 1. The molecule has 0 spiro atoms. The van der Waals surface area contributed by atoms with Crippen molar-refractivity contribution in [1.82, 2.24) is 24.3 Å². The zero-order chi connectivity index (χ0) is 17.5. The number of hydrogen-bond acceptors (Lipinski definition) is 3. The predicted octanol–water partition coefficient (Wildman–Crippen LogP) is 3.62. The summed E-state index contributed by atoms with van der Waals surface area (Å²) in [7, 11) is 0. The van der Waals surface area contributed by atoms with Crippen molar-refractivity contribution in [3.8, 4) is 0 Å². The summed E-state index contributed by atoms with van der Waals surface area (Å²) in [6, 6.07) is 0. The number of fused-ring (bicyclic) bond motifs is 2. The number of nitrogens with zero attached hydrogens (tertiary/aromatic N) is 5. The van der Waals surface area contributed by atoms with Crippen molar-refractivity contribution in [2.75, 3.05) is 0 Å². The standard InChI is InChI=1S/C10H16N2.C9H15N3/c1-10(2,3)8-6-9-11-4-5-12(9)7-8;1-9(2,3)8-11-10-7-5-4-6-12(7)8/h4-5,8H,6-7H2,1-3H3;4-6H2,1-3H3. The van der Waals surface area contributed by atoms with Gasteiger partial charge in [-0.15, -0.1) is 10.2 Å². The molecule has 0 bridgehead atoms. The van der Waals surface area contributed by atoms with Gasteiger partial charge in [0, 0.05) is 43.7 Å². The molecule has 0 amide bonds. The van der Waals surface area contributed by atoms with Gasteiger partial charge in [0.2, 0.25) is 0 Å². The van der Waals surface area contributed by atoms with Crippen LogP contribution >= 0.6 is 0 Å². The molecular formula is C19H31N5. The van der Waals surface area contributed by atoms with Gasteiger partial charge in [-0.2, -0.15) is 0 Å². The Morgan fingerprint density at radius 3 is 2.42 bits per heavy atom. The van der Waals surface area contributed by atoms with E-state index in [1.807, 2.05) is 6.20 Å². The molecular weight excluding hydrogens is 298 g/mol. The fraction of sp³-hybridized carbons (Fsp3) is 0.737. The van der Waals surface area contributed by atoms with Crippen LogP contribution in [0.25, 0.3) is 0 Å². The van der Waals surface area contributed by atoms with E-state index >= 15 is 0 Å². The Balaban J connectivity index is 0.000000141. The van der Waals surface area contributed by atoms with Gasteiger partial charge in [-0.25, -0.2) is 4.98 Å². The van der Waals surface area contributed by atoms with Crippen LogP contribution in [-0.2, 0) is 31.3 Å². The normalized spacial score (nSPS) is 19.7. The molecule has 132 valence electrons. The first kappa shape index (κ1) is 17.2. The highest BCUT2D eigenvalue weighted by atomic mass is 15.3. The van der Waals surface area contributed by atoms with Crippen molar-refractivity contribution in [3.05, 3.63) is 29.9 Å². The summed E-state index contributed by atoms with van der Waals surface area (Å²) in [5.41, 5.74) is 0.552. The average molecular weight is 329 g/mol. The van der Waals surface area contributed by atoms with Gasteiger partial charge in [-0.1, -0.05) is 41.5 Å². The van der Waals surface area contributed by atoms with Crippen LogP contribution in [0.4, 0.5) is 0 Å². The summed E-state index contributed by atoms with van der Waals surface area (Å²) in [4.78, 5) is 4.32. The molecule has 4 rings (SSSR count). The molecule has 0 radical (unpaired) electrons. The predicted molar refractivity (Wildman–Crippen MR) is 95.9 cm³/mol. The molecule has 0 fully saturated rings. The number of rotatable bonds is 0. The van der Waals surface area contributed by atoms with Crippen LogP contribution in [0.5, 0.6) is 0 Å². The van der Waals surface area contributed by atoms with Gasteiger partial charge in [0.1, 0.15) is 17.5 Å². The molecule has 0 N–H and O–H groups in total. The summed E-state index contributed by atoms with van der Waals surface area (Å²) in [6.45, 7) is 15.7. The topological polar surface area (TPSA) is 48.5 Å². The van der Waals surface area contributed by atoms with E-state index in [0.717, 1.165) is 37.7 Å². The van der Waals surface area contributed by atoms with Gasteiger partial charge in [-0.05, 0) is 17.8 Å². The van der Waals surface area contributed by atoms with E-state index in [9.17, 15) is 0 Å². The lowest BCUT2D eigenvalue weighted by Crippen LogP contribution is -2.21. The van der Waals surface area contributed by atoms with E-state index < -0.39 is 0 Å². The van der Waals surface area contributed by atoms with Gasteiger partial charge in [0.05, 0.1) is 0 Å². The molecule has 2 aliphatic rings. The van der Waals surface area contributed by atoms with Gasteiger partial charge in [0.15, 0.2) is 0 Å². The van der Waals surface area contributed by atoms with E-state index in [4.69, 9.17) is 0 Å². The van der Waals surface area contributed by atoms with Gasteiger partial charge >= 0.3 is 0 Å². The monoisotopic (exact) mass is 329 g/mol. The highest BCUT2D eigenvalue weighted by Gasteiger charge is 2.31. The Bertz CT molecular complexity index is 676. The molecule has 0 saturated carbocycles. The van der Waals surface area contributed by atoms with Crippen LogP contribution in [-0.4, -0.2) is 24.3 Å². The van der Waals surface area contributed by atoms with Crippen LogP contribution in [0, 0.1) is 11.3 Å². The third-order valence-corrected chi connectivity index (χ3v) is 5.15. The zero-order valence-electron chi connectivity index (χ0n) is 16.0. The molecule has 24 heavy (non-hydrogen) atoms. The first-order chi connectivity index (χ1) is 11.2. The van der Waals surface area contributed by atoms with Gasteiger partial charge in [0.25, 0.3) is 0 Å². The van der Waals surface area contributed by atoms with Crippen molar-refractivity contribution in [2.24, 2.45) is 11.3 Å². The van der Waals surface area contributed by atoms with E-state index in [0.29, 0.717) is 5.41 Å². The quantitative estimate of drug-likeness (QED) is 0.741. The maximum Gasteiger partial charge on any atom is 0.138 e. The van der Waals surface area contributed by atoms with E-state index in [-0.39, 0.29) is 5.41 Å². The molecule has 0 saturated heterocycles. The number of hydrogen-bond donors (Lipinski definition) is 0. The summed E-state index contributed by atoms with van der Waals surface area (Å²) < 4.78 is 4.54. The minimum absolute atomic E-state index is 0.135. The van der Waals surface area contributed by atoms with E-state index in [1.165, 1.54) is 18.1 Å². The molecule has 5 nitrogen and oxygen atoms in total. The lowest BCUT2D eigenvalue weighted by Gasteiger charge is -2.25. The van der Waals surface area contributed by atoms with Gasteiger partial charge < -0.3 is 9.13 Å². The minimum atomic E-state index is 0.135. The second-order valence-corrected chi connectivity index (χ2v) is 9.21. The average Bonchev–Trinajstić information content (AvgIpc) is 3.16. The van der Waals surface area contributed by atoms with Crippen LogP contribution in [0.1, 0.15) is 65.4 Å². The molecule has 0 aromatic carbocycles. The molecule has 5 heteroatoms. The fourth-order valence-electron chi connectivity index (χ4n) is 3.50. The van der Waals surface area contributed by atoms with Crippen LogP contribution in [0.2, 0.25) is 0 Å². The molecule has 0 aliphatic carbocycles. The van der Waals surface area contributed by atoms with Crippen molar-refractivity contribution in [1.29, 1.82) is 0 Å². The Morgan fingerprint density at radius 1 is 1.04 bits per heavy atom. The Morgan fingerprint density at radius 2 is 1.79 bits per heavy atom. The van der Waals surface area contributed by atoms with Crippen LogP contribution in [0.15, 0.2) is 12.4 Å². The van der Waals surface area contributed by atoms with Crippen LogP contribution < -0.4 is 0 Å². The lowest BCUT2D eigenvalue weighted by molar-refractivity contribution is 0.236. The highest BCUT2D eigenvalue weighted by Crippen LogP contribution is 2.34. The zero-order valence-corrected chi connectivity index (χ0v) is 16.0. The smallest absolute Gasteiger partial charge is 0.138 e. The first-order valence-electron chi connectivity index (χ1n) is 9.09. The second-order valence-electron chi connectivity index (χ2n) is 9.21. The summed E-state index contributed by atoms with van der Waals surface area (Å²) >= 11 is 0. The maximum atomic E-state index is 4.32. The Labute approximate surface area is 145 Å². The SMILES string of the molecule is CC(C)(C)C1Cc2nccn2C1.CC(C)(C)c1nnc2n1CCC2. The summed E-state index contributed by atoms with van der Waals surface area (Å²) in [6.07, 6.45) is 7.46. The summed E-state index contributed by atoms with van der Waals surface area (Å²) in [5.74, 6) is 4.33. The molecule has 2 aliphatic heterocycles. The van der Waals surface area contributed by atoms with Crippen molar-refractivity contribution >= 4 is 0 Å². The third-order valence-electron chi connectivity index (χ3n) is 5.15. The first-order valence-corrected chi connectivity index (χ1v) is 9.09. The largest absolute Gasteiger partial charge is 0.335 e. The van der Waals surface area contributed by atoms with E-state index in [1.54, 1.807) is 0 Å². The molecule has 2 aromatic rings. The highest BCUT2D eigenvalue weighted by molar-refractivity contribution is 5.08.